The highest BCUT2D eigenvalue weighted by Crippen LogP contribution is 2.51. The third kappa shape index (κ3) is 2.12. The molecule has 2 heteroatoms. The highest BCUT2D eigenvalue weighted by molar-refractivity contribution is 9.10. The number of rotatable bonds is 0. The van der Waals surface area contributed by atoms with Gasteiger partial charge in [0.05, 0.1) is 5.69 Å². The van der Waals surface area contributed by atoms with Gasteiger partial charge in [-0.2, -0.15) is 0 Å². The van der Waals surface area contributed by atoms with Crippen molar-refractivity contribution in [2.24, 2.45) is 11.8 Å². The lowest BCUT2D eigenvalue weighted by molar-refractivity contribution is 0.173. The Morgan fingerprint density at radius 3 is 2.74 bits per heavy atom. The van der Waals surface area contributed by atoms with Crippen molar-refractivity contribution >= 4 is 21.6 Å². The second kappa shape index (κ2) is 4.51. The summed E-state index contributed by atoms with van der Waals surface area (Å²) in [6.07, 6.45) is 4.05. The van der Waals surface area contributed by atoms with E-state index in [-0.39, 0.29) is 5.41 Å². The van der Waals surface area contributed by atoms with E-state index in [1.807, 2.05) is 0 Å². The van der Waals surface area contributed by atoms with Crippen LogP contribution in [0.25, 0.3) is 0 Å². The average Bonchev–Trinajstić information content (AvgIpc) is 2.30. The summed E-state index contributed by atoms with van der Waals surface area (Å²) in [5, 5.41) is 3.83. The number of fused-ring (bicyclic) bond motifs is 2. The maximum Gasteiger partial charge on any atom is 0.0525 e. The first kappa shape index (κ1) is 13.5. The van der Waals surface area contributed by atoms with Crippen molar-refractivity contribution in [1.29, 1.82) is 0 Å². The Morgan fingerprint density at radius 2 is 2.00 bits per heavy atom. The molecule has 0 aromatic heterocycles. The summed E-state index contributed by atoms with van der Waals surface area (Å²) >= 11 is 3.75. The van der Waals surface area contributed by atoms with Gasteiger partial charge in [-0.05, 0) is 70.1 Å². The molecule has 1 aliphatic heterocycles. The van der Waals surface area contributed by atoms with Crippen LogP contribution in [0, 0.1) is 18.8 Å². The van der Waals surface area contributed by atoms with Crippen LogP contribution in [0.5, 0.6) is 0 Å². The largest absolute Gasteiger partial charge is 0.381 e. The lowest BCUT2D eigenvalue weighted by Crippen LogP contribution is -2.49. The van der Waals surface area contributed by atoms with Gasteiger partial charge in [0.25, 0.3) is 0 Å². The third-order valence-electron chi connectivity index (χ3n) is 5.30. The first-order valence-electron chi connectivity index (χ1n) is 7.46. The summed E-state index contributed by atoms with van der Waals surface area (Å²) in [7, 11) is 0. The van der Waals surface area contributed by atoms with Gasteiger partial charge in [0.2, 0.25) is 0 Å². The number of anilines is 1. The normalized spacial score (nSPS) is 32.2. The lowest BCUT2D eigenvalue weighted by Gasteiger charge is -2.50. The van der Waals surface area contributed by atoms with Crippen molar-refractivity contribution in [1.82, 2.24) is 0 Å². The molecule has 3 rings (SSSR count). The van der Waals surface area contributed by atoms with Crippen LogP contribution in [-0.4, -0.2) is 6.04 Å². The van der Waals surface area contributed by atoms with Crippen LogP contribution in [0.2, 0.25) is 0 Å². The first-order valence-corrected chi connectivity index (χ1v) is 8.26. The molecule has 1 aromatic carbocycles. The number of hydrogen-bond acceptors (Lipinski definition) is 1. The fourth-order valence-corrected chi connectivity index (χ4v) is 4.88. The van der Waals surface area contributed by atoms with E-state index < -0.39 is 0 Å². The van der Waals surface area contributed by atoms with E-state index >= 15 is 0 Å². The average molecular weight is 322 g/mol. The molecule has 0 amide bonds. The summed E-state index contributed by atoms with van der Waals surface area (Å²) < 4.78 is 1.23. The smallest absolute Gasteiger partial charge is 0.0525 e. The van der Waals surface area contributed by atoms with Crippen molar-refractivity contribution in [3.63, 3.8) is 0 Å². The molecule has 0 spiro atoms. The van der Waals surface area contributed by atoms with Gasteiger partial charge in [-0.3, -0.25) is 0 Å². The summed E-state index contributed by atoms with van der Waals surface area (Å²) in [6, 6.07) is 5.25. The van der Waals surface area contributed by atoms with Crippen LogP contribution in [0.4, 0.5) is 5.69 Å². The third-order valence-corrected chi connectivity index (χ3v) is 5.92. The van der Waals surface area contributed by atoms with Crippen molar-refractivity contribution in [2.45, 2.75) is 58.4 Å². The number of hydrogen-bond donors (Lipinski definition) is 1. The fraction of sp³-hybridized carbons (Fsp3) is 0.647. The Morgan fingerprint density at radius 1 is 1.26 bits per heavy atom. The highest BCUT2D eigenvalue weighted by atomic mass is 79.9. The number of benzene rings is 1. The van der Waals surface area contributed by atoms with E-state index in [0.717, 1.165) is 11.8 Å². The topological polar surface area (TPSA) is 12.0 Å². The molecule has 0 saturated heterocycles. The van der Waals surface area contributed by atoms with Crippen LogP contribution in [-0.2, 0) is 5.41 Å². The van der Waals surface area contributed by atoms with Crippen molar-refractivity contribution in [3.05, 3.63) is 27.7 Å². The maximum absolute atomic E-state index is 3.83. The molecule has 1 saturated carbocycles. The fourth-order valence-electron chi connectivity index (χ4n) is 4.19. The quantitative estimate of drug-likeness (QED) is 0.686. The van der Waals surface area contributed by atoms with Gasteiger partial charge in [0, 0.05) is 10.5 Å². The lowest BCUT2D eigenvalue weighted by atomic mass is 9.61. The monoisotopic (exact) mass is 321 g/mol. The Bertz CT molecular complexity index is 506. The second-order valence-corrected chi connectivity index (χ2v) is 8.02. The van der Waals surface area contributed by atoms with Crippen LogP contribution in [0.1, 0.15) is 51.2 Å². The number of halogens is 1. The minimum absolute atomic E-state index is 0.278. The molecule has 1 fully saturated rings. The zero-order chi connectivity index (χ0) is 13.8. The molecule has 1 aromatic rings. The van der Waals surface area contributed by atoms with Gasteiger partial charge in [-0.1, -0.05) is 33.3 Å². The first-order chi connectivity index (χ1) is 8.89. The summed E-state index contributed by atoms with van der Waals surface area (Å²) in [5.41, 5.74) is 4.46. The molecule has 19 heavy (non-hydrogen) atoms. The van der Waals surface area contributed by atoms with Crippen LogP contribution >= 0.6 is 15.9 Å². The van der Waals surface area contributed by atoms with Crippen LogP contribution < -0.4 is 5.32 Å². The maximum atomic E-state index is 3.83. The molecule has 104 valence electrons. The van der Waals surface area contributed by atoms with E-state index in [0.29, 0.717) is 6.04 Å². The summed E-state index contributed by atoms with van der Waals surface area (Å²) in [5.74, 6) is 1.63. The van der Waals surface area contributed by atoms with Gasteiger partial charge >= 0.3 is 0 Å². The molecule has 1 aliphatic carbocycles. The van der Waals surface area contributed by atoms with Gasteiger partial charge in [0.15, 0.2) is 0 Å². The Kier molecular flexibility index (Phi) is 3.20. The van der Waals surface area contributed by atoms with Crippen LogP contribution in [0.15, 0.2) is 16.6 Å². The zero-order valence-corrected chi connectivity index (χ0v) is 14.0. The van der Waals surface area contributed by atoms with E-state index in [2.05, 4.69) is 61.1 Å². The molecule has 2 aliphatic rings. The Labute approximate surface area is 125 Å². The highest BCUT2D eigenvalue weighted by Gasteiger charge is 2.44. The molecular formula is C17H24BrN. The van der Waals surface area contributed by atoms with Gasteiger partial charge in [-0.25, -0.2) is 0 Å². The van der Waals surface area contributed by atoms with E-state index in [1.54, 1.807) is 0 Å². The summed E-state index contributed by atoms with van der Waals surface area (Å²) in [6.45, 7) is 9.46. The zero-order valence-electron chi connectivity index (χ0n) is 12.4. The van der Waals surface area contributed by atoms with Gasteiger partial charge < -0.3 is 5.32 Å². The van der Waals surface area contributed by atoms with Crippen molar-refractivity contribution < 1.29 is 0 Å². The molecule has 1 nitrogen and oxygen atoms in total. The number of nitrogens with one attached hydrogen (secondary N) is 1. The Hall–Kier alpha value is -0.500. The molecule has 0 unspecified atom stereocenters. The van der Waals surface area contributed by atoms with Gasteiger partial charge in [-0.15, -0.1) is 0 Å². The van der Waals surface area contributed by atoms with Gasteiger partial charge in [0.1, 0.15) is 0 Å². The Balaban J connectivity index is 2.10. The predicted octanol–water partition coefficient (Wildman–Crippen LogP) is 5.27. The van der Waals surface area contributed by atoms with Crippen molar-refractivity contribution in [2.75, 3.05) is 5.32 Å². The minimum Gasteiger partial charge on any atom is -0.381 e. The van der Waals surface area contributed by atoms with Crippen LogP contribution in [0.3, 0.4) is 0 Å². The van der Waals surface area contributed by atoms with E-state index in [1.165, 1.54) is 40.5 Å². The predicted molar refractivity (Wildman–Crippen MR) is 85.8 cm³/mol. The minimum atomic E-state index is 0.278. The standard InChI is InChI=1S/C17H24BrN/c1-10-5-6-12-15(9-10)19-16-13(17(12,3)4)7-11(2)8-14(16)18/h7-8,10,12,15,19H,5-6,9H2,1-4H3/t10-,12-,15-/m0/s1. The van der Waals surface area contributed by atoms with E-state index in [4.69, 9.17) is 0 Å². The molecule has 0 bridgehead atoms. The second-order valence-electron chi connectivity index (χ2n) is 7.17. The SMILES string of the molecule is Cc1cc(Br)c2c(c1)C(C)(C)[C@H]1CC[C@H](C)C[C@@H]1N2. The molecule has 1 heterocycles. The molecule has 3 atom stereocenters. The molecular weight excluding hydrogens is 298 g/mol. The molecule has 1 N–H and O–H groups in total. The van der Waals surface area contributed by atoms with E-state index in [9.17, 15) is 0 Å². The molecule has 0 radical (unpaired) electrons. The summed E-state index contributed by atoms with van der Waals surface area (Å²) in [4.78, 5) is 0. The number of aryl methyl sites for hydroxylation is 1. The van der Waals surface area contributed by atoms with Crippen molar-refractivity contribution in [3.8, 4) is 0 Å².